The highest BCUT2D eigenvalue weighted by Crippen LogP contribution is 2.24. The summed E-state index contributed by atoms with van der Waals surface area (Å²) in [6, 6.07) is 8.66. The lowest BCUT2D eigenvalue weighted by Gasteiger charge is -2.35. The number of ether oxygens (including phenoxy) is 3. The van der Waals surface area contributed by atoms with Crippen molar-refractivity contribution >= 4 is 35.6 Å². The molecule has 0 saturated carbocycles. The van der Waals surface area contributed by atoms with E-state index >= 15 is 0 Å². The predicted molar refractivity (Wildman–Crippen MR) is 133 cm³/mol. The highest BCUT2D eigenvalue weighted by Gasteiger charge is 2.21. The first kappa shape index (κ1) is 25.0. The molecular formula is C22H37IN4O3. The Kier molecular flexibility index (Phi) is 11.6. The van der Waals surface area contributed by atoms with Gasteiger partial charge in [0, 0.05) is 63.6 Å². The largest absolute Gasteiger partial charge is 0.497 e. The summed E-state index contributed by atoms with van der Waals surface area (Å²) >= 11 is 0. The minimum atomic E-state index is 0. The molecule has 0 spiro atoms. The normalized spacial score (nSPS) is 21.8. The van der Waals surface area contributed by atoms with Gasteiger partial charge in [-0.3, -0.25) is 4.99 Å². The minimum Gasteiger partial charge on any atom is -0.497 e. The van der Waals surface area contributed by atoms with Gasteiger partial charge < -0.3 is 29.7 Å². The number of rotatable bonds is 9. The molecule has 0 bridgehead atoms. The Hall–Kier alpha value is -1.26. The van der Waals surface area contributed by atoms with E-state index in [0.29, 0.717) is 12.0 Å². The summed E-state index contributed by atoms with van der Waals surface area (Å²) in [5.74, 6) is 2.35. The summed E-state index contributed by atoms with van der Waals surface area (Å²) in [6.45, 7) is 6.20. The molecule has 3 rings (SSSR count). The lowest BCUT2D eigenvalue weighted by atomic mass is 10.0. The fourth-order valence-electron chi connectivity index (χ4n) is 3.87. The number of nitrogens with one attached hydrogen (secondary N) is 2. The summed E-state index contributed by atoms with van der Waals surface area (Å²) in [7, 11) is 3.54. The number of benzene rings is 1. The maximum atomic E-state index is 5.77. The molecule has 2 saturated heterocycles. The number of aliphatic imine (C=N–C) groups is 1. The number of halogens is 1. The zero-order valence-corrected chi connectivity index (χ0v) is 20.6. The van der Waals surface area contributed by atoms with Crippen LogP contribution in [-0.2, 0) is 9.47 Å². The summed E-state index contributed by atoms with van der Waals surface area (Å²) < 4.78 is 16.5. The third-order valence-electron chi connectivity index (χ3n) is 5.54. The molecule has 0 radical (unpaired) electrons. The average Bonchev–Trinajstić information content (AvgIpc) is 3.29. The van der Waals surface area contributed by atoms with E-state index in [-0.39, 0.29) is 24.0 Å². The van der Waals surface area contributed by atoms with Crippen LogP contribution in [-0.4, -0.2) is 72.2 Å². The number of anilines is 1. The molecule has 2 unspecified atom stereocenters. The molecular weight excluding hydrogens is 495 g/mol. The van der Waals surface area contributed by atoms with Gasteiger partial charge in [0.15, 0.2) is 5.96 Å². The van der Waals surface area contributed by atoms with Gasteiger partial charge in [-0.2, -0.15) is 0 Å². The van der Waals surface area contributed by atoms with Crippen molar-refractivity contribution in [2.45, 2.75) is 31.7 Å². The van der Waals surface area contributed by atoms with Gasteiger partial charge in [0.2, 0.25) is 0 Å². The second-order valence-electron chi connectivity index (χ2n) is 7.79. The quantitative estimate of drug-likeness (QED) is 0.221. The molecule has 2 atom stereocenters. The molecule has 0 aliphatic carbocycles. The van der Waals surface area contributed by atoms with Crippen molar-refractivity contribution in [2.75, 3.05) is 65.1 Å². The van der Waals surface area contributed by atoms with Gasteiger partial charge in [-0.15, -0.1) is 24.0 Å². The van der Waals surface area contributed by atoms with Crippen LogP contribution in [0.4, 0.5) is 5.69 Å². The van der Waals surface area contributed by atoms with Gasteiger partial charge in [0.25, 0.3) is 0 Å². The van der Waals surface area contributed by atoms with Crippen LogP contribution in [0.25, 0.3) is 0 Å². The van der Waals surface area contributed by atoms with Crippen molar-refractivity contribution < 1.29 is 14.2 Å². The first-order chi connectivity index (χ1) is 14.3. The van der Waals surface area contributed by atoms with Crippen molar-refractivity contribution in [3.63, 3.8) is 0 Å². The summed E-state index contributed by atoms with van der Waals surface area (Å²) in [4.78, 5) is 6.80. The molecule has 2 heterocycles. The number of hydrogen-bond acceptors (Lipinski definition) is 5. The van der Waals surface area contributed by atoms with Crippen LogP contribution >= 0.6 is 24.0 Å². The molecule has 0 aromatic heterocycles. The van der Waals surface area contributed by atoms with Gasteiger partial charge in [-0.25, -0.2) is 0 Å². The molecule has 2 N–H and O–H groups in total. The molecule has 0 amide bonds. The molecule has 2 aliphatic heterocycles. The maximum absolute atomic E-state index is 5.77. The third-order valence-corrected chi connectivity index (χ3v) is 5.54. The van der Waals surface area contributed by atoms with Crippen molar-refractivity contribution in [3.8, 4) is 5.75 Å². The molecule has 1 aromatic rings. The van der Waals surface area contributed by atoms with Crippen LogP contribution in [0, 0.1) is 5.92 Å². The van der Waals surface area contributed by atoms with E-state index in [1.54, 1.807) is 7.11 Å². The van der Waals surface area contributed by atoms with Gasteiger partial charge in [0.05, 0.1) is 20.3 Å². The van der Waals surface area contributed by atoms with Gasteiger partial charge in [-0.05, 0) is 37.8 Å². The summed E-state index contributed by atoms with van der Waals surface area (Å²) in [6.07, 6.45) is 4.40. The zero-order chi connectivity index (χ0) is 20.3. The average molecular weight is 532 g/mol. The number of nitrogens with zero attached hydrogens (tertiary/aromatic N) is 2. The van der Waals surface area contributed by atoms with Crippen molar-refractivity contribution in [1.82, 2.24) is 10.6 Å². The standard InChI is InChI=1S/C22H36N4O3.HI/c1-23-22(24-10-5-12-28-16-18-9-13-29-17-18)25-19-6-4-11-26(15-19)20-7-3-8-21(14-20)27-2;/h3,7-8,14,18-19H,4-6,9-13,15-17H2,1-2H3,(H2,23,24,25);1H. The zero-order valence-electron chi connectivity index (χ0n) is 18.3. The summed E-state index contributed by atoms with van der Waals surface area (Å²) in [5, 5.41) is 6.99. The van der Waals surface area contributed by atoms with Crippen molar-refractivity contribution in [1.29, 1.82) is 0 Å². The highest BCUT2D eigenvalue weighted by molar-refractivity contribution is 14.0. The predicted octanol–water partition coefficient (Wildman–Crippen LogP) is 2.89. The Morgan fingerprint density at radius 1 is 1.33 bits per heavy atom. The number of piperidine rings is 1. The minimum absolute atomic E-state index is 0. The molecule has 7 nitrogen and oxygen atoms in total. The number of hydrogen-bond donors (Lipinski definition) is 2. The molecule has 2 aliphatic rings. The van der Waals surface area contributed by atoms with E-state index in [9.17, 15) is 0 Å². The van der Waals surface area contributed by atoms with E-state index in [1.807, 2.05) is 19.2 Å². The topological polar surface area (TPSA) is 67.4 Å². The number of methoxy groups -OCH3 is 1. The van der Waals surface area contributed by atoms with Crippen LogP contribution in [0.3, 0.4) is 0 Å². The van der Waals surface area contributed by atoms with Crippen LogP contribution in [0.5, 0.6) is 5.75 Å². The second kappa shape index (κ2) is 13.9. The van der Waals surface area contributed by atoms with Crippen LogP contribution < -0.4 is 20.3 Å². The Morgan fingerprint density at radius 3 is 3.00 bits per heavy atom. The van der Waals surface area contributed by atoms with Gasteiger partial charge in [-0.1, -0.05) is 6.07 Å². The van der Waals surface area contributed by atoms with Gasteiger partial charge in [0.1, 0.15) is 5.75 Å². The smallest absolute Gasteiger partial charge is 0.191 e. The fourth-order valence-corrected chi connectivity index (χ4v) is 3.87. The Morgan fingerprint density at radius 2 is 2.23 bits per heavy atom. The van der Waals surface area contributed by atoms with Crippen molar-refractivity contribution in [3.05, 3.63) is 24.3 Å². The van der Waals surface area contributed by atoms with Gasteiger partial charge >= 0.3 is 0 Å². The van der Waals surface area contributed by atoms with Crippen LogP contribution in [0.1, 0.15) is 25.7 Å². The second-order valence-corrected chi connectivity index (χ2v) is 7.79. The first-order valence-corrected chi connectivity index (χ1v) is 10.8. The van der Waals surface area contributed by atoms with E-state index in [1.165, 1.54) is 5.69 Å². The molecule has 170 valence electrons. The number of guanidine groups is 1. The lowest BCUT2D eigenvalue weighted by Crippen LogP contribution is -2.51. The summed E-state index contributed by atoms with van der Waals surface area (Å²) in [5.41, 5.74) is 1.21. The lowest BCUT2D eigenvalue weighted by molar-refractivity contribution is 0.0888. The van der Waals surface area contributed by atoms with E-state index < -0.39 is 0 Å². The van der Waals surface area contributed by atoms with Crippen LogP contribution in [0.15, 0.2) is 29.3 Å². The monoisotopic (exact) mass is 532 g/mol. The Bertz CT molecular complexity index is 641. The van der Waals surface area contributed by atoms with Crippen molar-refractivity contribution in [2.24, 2.45) is 10.9 Å². The Balaban J connectivity index is 0.00000320. The fraction of sp³-hybridized carbons (Fsp3) is 0.682. The molecule has 1 aromatic carbocycles. The molecule has 2 fully saturated rings. The van der Waals surface area contributed by atoms with E-state index in [2.05, 4.69) is 32.7 Å². The first-order valence-electron chi connectivity index (χ1n) is 10.8. The maximum Gasteiger partial charge on any atom is 0.191 e. The Labute approximate surface area is 197 Å². The molecule has 8 heteroatoms. The molecule has 30 heavy (non-hydrogen) atoms. The third kappa shape index (κ3) is 8.11. The van der Waals surface area contributed by atoms with E-state index in [0.717, 1.165) is 83.5 Å². The van der Waals surface area contributed by atoms with Crippen LogP contribution in [0.2, 0.25) is 0 Å². The van der Waals surface area contributed by atoms with E-state index in [4.69, 9.17) is 14.2 Å². The SMILES string of the molecule is CN=C(NCCCOCC1CCOC1)NC1CCCN(c2cccc(OC)c2)C1.I. The highest BCUT2D eigenvalue weighted by atomic mass is 127.